The number of carbonyl (C=O) groups excluding carboxylic acids is 1. The largest absolute Gasteiger partial charge is 0.278 e. The summed E-state index contributed by atoms with van der Waals surface area (Å²) in [6, 6.07) is 0. The number of carbonyl (C=O) groups is 1. The molecule has 1 saturated heterocycles. The van der Waals surface area contributed by atoms with Crippen LogP contribution >= 0.6 is 0 Å². The maximum Gasteiger partial charge on any atom is 0.239 e. The van der Waals surface area contributed by atoms with Gasteiger partial charge in [0.2, 0.25) is 5.91 Å². The molecule has 1 N–H and O–H groups in total. The van der Waals surface area contributed by atoms with Gasteiger partial charge >= 0.3 is 0 Å². The molecule has 0 spiro atoms. The highest BCUT2D eigenvalue weighted by atomic mass is 16.2. The number of hydrazine groups is 1. The van der Waals surface area contributed by atoms with Crippen LogP contribution in [0.3, 0.4) is 0 Å². The summed E-state index contributed by atoms with van der Waals surface area (Å²) in [7, 11) is 0. The van der Waals surface area contributed by atoms with E-state index in [2.05, 4.69) is 5.43 Å². The standard InChI is InChI=1S/C11H20N2O/c14-11(13-9-5-8-12-13)10-6-3-1-2-4-7-10/h10,12H,1-9H2. The van der Waals surface area contributed by atoms with Gasteiger partial charge in [-0.25, -0.2) is 5.43 Å². The predicted molar refractivity (Wildman–Crippen MR) is 55.5 cm³/mol. The van der Waals surface area contributed by atoms with Crippen molar-refractivity contribution < 1.29 is 4.79 Å². The third-order valence-electron chi connectivity index (χ3n) is 3.33. The normalized spacial score (nSPS) is 25.0. The van der Waals surface area contributed by atoms with E-state index in [0.717, 1.165) is 32.4 Å². The minimum Gasteiger partial charge on any atom is -0.278 e. The Labute approximate surface area is 85.8 Å². The second kappa shape index (κ2) is 4.78. The monoisotopic (exact) mass is 196 g/mol. The lowest BCUT2D eigenvalue weighted by atomic mass is 9.99. The van der Waals surface area contributed by atoms with Gasteiger partial charge in [0.25, 0.3) is 0 Å². The zero-order valence-corrected chi connectivity index (χ0v) is 8.80. The molecule has 14 heavy (non-hydrogen) atoms. The third kappa shape index (κ3) is 2.27. The van der Waals surface area contributed by atoms with Gasteiger partial charge in [0, 0.05) is 19.0 Å². The molecule has 0 radical (unpaired) electrons. The molecule has 0 aromatic carbocycles. The van der Waals surface area contributed by atoms with Gasteiger partial charge in [-0.1, -0.05) is 25.7 Å². The van der Waals surface area contributed by atoms with Crippen molar-refractivity contribution in [3.8, 4) is 0 Å². The Morgan fingerprint density at radius 3 is 2.36 bits per heavy atom. The zero-order chi connectivity index (χ0) is 9.80. The quantitative estimate of drug-likeness (QED) is 0.647. The van der Waals surface area contributed by atoms with Crippen LogP contribution in [0.1, 0.15) is 44.9 Å². The summed E-state index contributed by atoms with van der Waals surface area (Å²) in [5.41, 5.74) is 3.16. The SMILES string of the molecule is O=C(C1CCCCCC1)N1CCCN1. The fraction of sp³-hybridized carbons (Fsp3) is 0.909. The van der Waals surface area contributed by atoms with Crippen LogP contribution in [-0.4, -0.2) is 24.0 Å². The van der Waals surface area contributed by atoms with Crippen LogP contribution in [0.15, 0.2) is 0 Å². The molecule has 80 valence electrons. The second-order valence-corrected chi connectivity index (χ2v) is 4.44. The summed E-state index contributed by atoms with van der Waals surface area (Å²) in [5, 5.41) is 1.84. The van der Waals surface area contributed by atoms with E-state index in [4.69, 9.17) is 0 Å². The molecule has 3 nitrogen and oxygen atoms in total. The minimum absolute atomic E-state index is 0.308. The predicted octanol–water partition coefficient (Wildman–Crippen LogP) is 1.69. The topological polar surface area (TPSA) is 32.3 Å². The molecule has 0 aromatic rings. The number of rotatable bonds is 1. The molecule has 2 aliphatic rings. The van der Waals surface area contributed by atoms with Crippen molar-refractivity contribution in [1.82, 2.24) is 10.4 Å². The highest BCUT2D eigenvalue weighted by Gasteiger charge is 2.26. The molecule has 0 bridgehead atoms. The van der Waals surface area contributed by atoms with E-state index in [1.54, 1.807) is 0 Å². The molecule has 0 atom stereocenters. The molecule has 1 aliphatic carbocycles. The Morgan fingerprint density at radius 2 is 1.79 bits per heavy atom. The van der Waals surface area contributed by atoms with E-state index in [9.17, 15) is 4.79 Å². The first-order chi connectivity index (χ1) is 6.88. The Hall–Kier alpha value is -0.570. The molecule has 1 aliphatic heterocycles. The number of hydrogen-bond donors (Lipinski definition) is 1. The lowest BCUT2D eigenvalue weighted by Gasteiger charge is -2.21. The molecule has 2 fully saturated rings. The molecule has 1 heterocycles. The number of nitrogens with one attached hydrogen (secondary N) is 1. The van der Waals surface area contributed by atoms with Crippen LogP contribution in [-0.2, 0) is 4.79 Å². The lowest BCUT2D eigenvalue weighted by molar-refractivity contribution is -0.137. The first-order valence-electron chi connectivity index (χ1n) is 5.93. The van der Waals surface area contributed by atoms with Crippen LogP contribution in [0.4, 0.5) is 0 Å². The van der Waals surface area contributed by atoms with Crippen molar-refractivity contribution in [3.63, 3.8) is 0 Å². The van der Waals surface area contributed by atoms with Gasteiger partial charge in [-0.3, -0.25) is 9.80 Å². The molecule has 3 heteroatoms. The van der Waals surface area contributed by atoms with E-state index in [1.807, 2.05) is 5.01 Å². The van der Waals surface area contributed by atoms with Gasteiger partial charge in [0.1, 0.15) is 0 Å². The molecule has 0 aromatic heterocycles. The summed E-state index contributed by atoms with van der Waals surface area (Å²) in [4.78, 5) is 12.0. The van der Waals surface area contributed by atoms with E-state index in [-0.39, 0.29) is 0 Å². The molecular formula is C11H20N2O. The van der Waals surface area contributed by atoms with Gasteiger partial charge in [0.15, 0.2) is 0 Å². The highest BCUT2D eigenvalue weighted by Crippen LogP contribution is 2.24. The summed E-state index contributed by atoms with van der Waals surface area (Å²) in [6.45, 7) is 1.88. The Balaban J connectivity index is 1.88. The summed E-state index contributed by atoms with van der Waals surface area (Å²) >= 11 is 0. The zero-order valence-electron chi connectivity index (χ0n) is 8.80. The van der Waals surface area contributed by atoms with Crippen molar-refractivity contribution in [2.45, 2.75) is 44.9 Å². The minimum atomic E-state index is 0.308. The average molecular weight is 196 g/mol. The van der Waals surface area contributed by atoms with Crippen LogP contribution in [0.25, 0.3) is 0 Å². The smallest absolute Gasteiger partial charge is 0.239 e. The molecule has 1 saturated carbocycles. The van der Waals surface area contributed by atoms with Crippen molar-refractivity contribution in [2.24, 2.45) is 5.92 Å². The third-order valence-corrected chi connectivity index (χ3v) is 3.33. The van der Waals surface area contributed by atoms with Crippen LogP contribution in [0, 0.1) is 5.92 Å². The van der Waals surface area contributed by atoms with Gasteiger partial charge in [-0.15, -0.1) is 0 Å². The average Bonchev–Trinajstić information content (AvgIpc) is 2.59. The summed E-state index contributed by atoms with van der Waals surface area (Å²) in [5.74, 6) is 0.660. The van der Waals surface area contributed by atoms with E-state index in [0.29, 0.717) is 11.8 Å². The van der Waals surface area contributed by atoms with Crippen molar-refractivity contribution >= 4 is 5.91 Å². The Kier molecular flexibility index (Phi) is 3.40. The first kappa shape index (κ1) is 9.97. The summed E-state index contributed by atoms with van der Waals surface area (Å²) < 4.78 is 0. The van der Waals surface area contributed by atoms with E-state index in [1.165, 1.54) is 25.7 Å². The van der Waals surface area contributed by atoms with Crippen molar-refractivity contribution in [1.29, 1.82) is 0 Å². The maximum absolute atomic E-state index is 12.0. The molecule has 0 unspecified atom stereocenters. The van der Waals surface area contributed by atoms with Crippen LogP contribution < -0.4 is 5.43 Å². The number of nitrogens with zero attached hydrogens (tertiary/aromatic N) is 1. The summed E-state index contributed by atoms with van der Waals surface area (Å²) in [6.07, 6.45) is 8.44. The van der Waals surface area contributed by atoms with Crippen molar-refractivity contribution in [3.05, 3.63) is 0 Å². The number of hydrogen-bond acceptors (Lipinski definition) is 2. The van der Waals surface area contributed by atoms with E-state index >= 15 is 0 Å². The lowest BCUT2D eigenvalue weighted by Crippen LogP contribution is -2.40. The van der Waals surface area contributed by atoms with Gasteiger partial charge < -0.3 is 0 Å². The van der Waals surface area contributed by atoms with Crippen molar-refractivity contribution in [2.75, 3.05) is 13.1 Å². The Bertz CT molecular complexity index is 191. The second-order valence-electron chi connectivity index (χ2n) is 4.44. The number of amides is 1. The first-order valence-corrected chi connectivity index (χ1v) is 5.93. The molecular weight excluding hydrogens is 176 g/mol. The van der Waals surface area contributed by atoms with Gasteiger partial charge in [-0.05, 0) is 19.3 Å². The van der Waals surface area contributed by atoms with E-state index < -0.39 is 0 Å². The molecule has 1 amide bonds. The van der Waals surface area contributed by atoms with Crippen LogP contribution in [0.2, 0.25) is 0 Å². The Morgan fingerprint density at radius 1 is 1.07 bits per heavy atom. The van der Waals surface area contributed by atoms with Crippen LogP contribution in [0.5, 0.6) is 0 Å². The fourth-order valence-corrected chi connectivity index (χ4v) is 2.47. The maximum atomic E-state index is 12.0. The fourth-order valence-electron chi connectivity index (χ4n) is 2.47. The van der Waals surface area contributed by atoms with Gasteiger partial charge in [-0.2, -0.15) is 0 Å². The van der Waals surface area contributed by atoms with Gasteiger partial charge in [0.05, 0.1) is 0 Å². The molecule has 2 rings (SSSR count). The highest BCUT2D eigenvalue weighted by molar-refractivity contribution is 5.78.